The van der Waals surface area contributed by atoms with Crippen LogP contribution in [0.1, 0.15) is 5.56 Å². The van der Waals surface area contributed by atoms with Crippen LogP contribution in [0.25, 0.3) is 0 Å². The number of nitrogens with one attached hydrogen (secondary N) is 2. The Morgan fingerprint density at radius 3 is 2.56 bits per heavy atom. The van der Waals surface area contributed by atoms with Crippen LogP contribution in [0.3, 0.4) is 0 Å². The van der Waals surface area contributed by atoms with Crippen molar-refractivity contribution >= 4 is 21.6 Å². The largest absolute Gasteiger partial charge is 0.492 e. The predicted molar refractivity (Wildman–Crippen MR) is 98.8 cm³/mol. The summed E-state index contributed by atoms with van der Waals surface area (Å²) in [4.78, 5) is 11.9. The normalized spacial score (nSPS) is 10.9. The summed E-state index contributed by atoms with van der Waals surface area (Å²) in [6, 6.07) is 16.4. The van der Waals surface area contributed by atoms with Crippen molar-refractivity contribution in [3.63, 3.8) is 0 Å². The van der Waals surface area contributed by atoms with Gasteiger partial charge in [-0.1, -0.05) is 36.4 Å². The molecule has 0 saturated carbocycles. The number of anilines is 1. The highest BCUT2D eigenvalue weighted by molar-refractivity contribution is 7.90. The standard InChI is InChI=1S/C18H22N2O4S/c1-25(22,23)13-12-24-17-9-5-8-16(14-17)20-18(21)19-11-10-15-6-3-2-4-7-15/h2-9,14H,10-13H2,1H3,(H2,19,20,21). The van der Waals surface area contributed by atoms with Crippen LogP contribution < -0.4 is 15.4 Å². The van der Waals surface area contributed by atoms with Gasteiger partial charge in [-0.2, -0.15) is 0 Å². The smallest absolute Gasteiger partial charge is 0.319 e. The van der Waals surface area contributed by atoms with Gasteiger partial charge in [0.05, 0.1) is 5.75 Å². The van der Waals surface area contributed by atoms with Gasteiger partial charge in [-0.3, -0.25) is 0 Å². The first-order valence-electron chi connectivity index (χ1n) is 7.92. The van der Waals surface area contributed by atoms with Gasteiger partial charge >= 0.3 is 6.03 Å². The molecule has 0 aliphatic heterocycles. The van der Waals surface area contributed by atoms with Crippen LogP contribution in [0.15, 0.2) is 54.6 Å². The Balaban J connectivity index is 1.77. The lowest BCUT2D eigenvalue weighted by atomic mass is 10.1. The maximum atomic E-state index is 11.9. The summed E-state index contributed by atoms with van der Waals surface area (Å²) in [5.41, 5.74) is 1.73. The predicted octanol–water partition coefficient (Wildman–Crippen LogP) is 2.47. The van der Waals surface area contributed by atoms with Crippen LogP contribution in [-0.4, -0.2) is 39.6 Å². The lowest BCUT2D eigenvalue weighted by molar-refractivity contribution is 0.252. The van der Waals surface area contributed by atoms with Crippen LogP contribution in [0.5, 0.6) is 5.75 Å². The molecule has 0 spiro atoms. The Bertz CT molecular complexity index is 792. The summed E-state index contributed by atoms with van der Waals surface area (Å²) >= 11 is 0. The minimum atomic E-state index is -3.06. The number of hydrogen-bond acceptors (Lipinski definition) is 4. The maximum Gasteiger partial charge on any atom is 0.319 e. The van der Waals surface area contributed by atoms with E-state index in [2.05, 4.69) is 10.6 Å². The number of benzene rings is 2. The van der Waals surface area contributed by atoms with E-state index in [-0.39, 0.29) is 18.4 Å². The van der Waals surface area contributed by atoms with Crippen LogP contribution in [-0.2, 0) is 16.3 Å². The second kappa shape index (κ2) is 9.08. The van der Waals surface area contributed by atoms with E-state index in [4.69, 9.17) is 4.74 Å². The van der Waals surface area contributed by atoms with Gasteiger partial charge in [0.25, 0.3) is 0 Å². The van der Waals surface area contributed by atoms with Crippen molar-refractivity contribution in [2.75, 3.05) is 30.5 Å². The fraction of sp³-hybridized carbons (Fsp3) is 0.278. The van der Waals surface area contributed by atoms with Crippen molar-refractivity contribution < 1.29 is 17.9 Å². The highest BCUT2D eigenvalue weighted by Crippen LogP contribution is 2.17. The average Bonchev–Trinajstić information content (AvgIpc) is 2.55. The van der Waals surface area contributed by atoms with E-state index < -0.39 is 9.84 Å². The summed E-state index contributed by atoms with van der Waals surface area (Å²) in [7, 11) is -3.06. The number of amides is 2. The van der Waals surface area contributed by atoms with Crippen molar-refractivity contribution in [1.29, 1.82) is 0 Å². The van der Waals surface area contributed by atoms with Crippen molar-refractivity contribution in [2.45, 2.75) is 6.42 Å². The molecule has 2 N–H and O–H groups in total. The van der Waals surface area contributed by atoms with Gasteiger partial charge in [0, 0.05) is 24.6 Å². The van der Waals surface area contributed by atoms with Crippen molar-refractivity contribution in [3.05, 3.63) is 60.2 Å². The molecule has 2 aromatic rings. The molecule has 0 saturated heterocycles. The zero-order valence-electron chi connectivity index (χ0n) is 14.1. The molecular weight excluding hydrogens is 340 g/mol. The third-order valence-electron chi connectivity index (χ3n) is 3.36. The molecule has 6 nitrogen and oxygen atoms in total. The molecule has 0 bridgehead atoms. The summed E-state index contributed by atoms with van der Waals surface area (Å²) in [5.74, 6) is 0.454. The van der Waals surface area contributed by atoms with Gasteiger partial charge in [0.1, 0.15) is 12.4 Å². The number of ether oxygens (including phenoxy) is 1. The molecule has 0 atom stereocenters. The maximum absolute atomic E-state index is 11.9. The second-order valence-electron chi connectivity index (χ2n) is 5.62. The molecular formula is C18H22N2O4S. The number of rotatable bonds is 8. The van der Waals surface area contributed by atoms with E-state index >= 15 is 0 Å². The Morgan fingerprint density at radius 2 is 1.84 bits per heavy atom. The fourth-order valence-electron chi connectivity index (χ4n) is 2.11. The minimum absolute atomic E-state index is 0.0510. The Morgan fingerprint density at radius 1 is 1.08 bits per heavy atom. The van der Waals surface area contributed by atoms with E-state index in [0.29, 0.717) is 18.0 Å². The number of hydrogen-bond donors (Lipinski definition) is 2. The Hall–Kier alpha value is -2.54. The molecule has 134 valence electrons. The van der Waals surface area contributed by atoms with E-state index in [0.717, 1.165) is 18.2 Å². The Labute approximate surface area is 148 Å². The first kappa shape index (κ1) is 18.8. The third-order valence-corrected chi connectivity index (χ3v) is 4.27. The van der Waals surface area contributed by atoms with Crippen molar-refractivity contribution in [3.8, 4) is 5.75 Å². The highest BCUT2D eigenvalue weighted by Gasteiger charge is 2.05. The minimum Gasteiger partial charge on any atom is -0.492 e. The fourth-order valence-corrected chi connectivity index (χ4v) is 2.50. The lowest BCUT2D eigenvalue weighted by Gasteiger charge is -2.10. The quantitative estimate of drug-likeness (QED) is 0.755. The summed E-state index contributed by atoms with van der Waals surface area (Å²) in [6.07, 6.45) is 1.91. The van der Waals surface area contributed by atoms with Crippen LogP contribution in [0, 0.1) is 0 Å². The van der Waals surface area contributed by atoms with Crippen molar-refractivity contribution in [2.24, 2.45) is 0 Å². The molecule has 25 heavy (non-hydrogen) atoms. The lowest BCUT2D eigenvalue weighted by Crippen LogP contribution is -2.30. The first-order chi connectivity index (χ1) is 11.9. The van der Waals surface area contributed by atoms with E-state index in [9.17, 15) is 13.2 Å². The topological polar surface area (TPSA) is 84.5 Å². The number of sulfone groups is 1. The second-order valence-corrected chi connectivity index (χ2v) is 7.88. The van der Waals surface area contributed by atoms with E-state index in [1.54, 1.807) is 24.3 Å². The van der Waals surface area contributed by atoms with Gasteiger partial charge in [0.15, 0.2) is 9.84 Å². The number of carbonyl (C=O) groups is 1. The monoisotopic (exact) mass is 362 g/mol. The molecule has 0 fully saturated rings. The molecule has 0 aliphatic carbocycles. The van der Waals surface area contributed by atoms with Gasteiger partial charge in [-0.05, 0) is 24.1 Å². The molecule has 2 amide bonds. The molecule has 7 heteroatoms. The summed E-state index contributed by atoms with van der Waals surface area (Å²) in [6.45, 7) is 0.603. The zero-order valence-corrected chi connectivity index (χ0v) is 14.9. The summed E-state index contributed by atoms with van der Waals surface area (Å²) in [5, 5.41) is 5.52. The van der Waals surface area contributed by atoms with Gasteiger partial charge < -0.3 is 15.4 Å². The molecule has 2 rings (SSSR count). The van der Waals surface area contributed by atoms with Gasteiger partial charge in [0.2, 0.25) is 0 Å². The van der Waals surface area contributed by atoms with Crippen LogP contribution in [0.4, 0.5) is 10.5 Å². The van der Waals surface area contributed by atoms with Crippen LogP contribution in [0.2, 0.25) is 0 Å². The highest BCUT2D eigenvalue weighted by atomic mass is 32.2. The van der Waals surface area contributed by atoms with E-state index in [1.807, 2.05) is 30.3 Å². The van der Waals surface area contributed by atoms with E-state index in [1.165, 1.54) is 0 Å². The van der Waals surface area contributed by atoms with Crippen LogP contribution >= 0.6 is 0 Å². The first-order valence-corrected chi connectivity index (χ1v) is 9.98. The van der Waals surface area contributed by atoms with Gasteiger partial charge in [-0.25, -0.2) is 13.2 Å². The molecule has 0 heterocycles. The number of carbonyl (C=O) groups excluding carboxylic acids is 1. The summed E-state index contributed by atoms with van der Waals surface area (Å²) < 4.78 is 27.6. The zero-order chi connectivity index (χ0) is 18.1. The SMILES string of the molecule is CS(=O)(=O)CCOc1cccc(NC(=O)NCCc2ccccc2)c1. The molecule has 0 aliphatic rings. The Kier molecular flexibility index (Phi) is 6.82. The molecule has 0 aromatic heterocycles. The number of urea groups is 1. The third kappa shape index (κ3) is 7.71. The average molecular weight is 362 g/mol. The molecule has 0 radical (unpaired) electrons. The molecule has 2 aromatic carbocycles. The van der Waals surface area contributed by atoms with Gasteiger partial charge in [-0.15, -0.1) is 0 Å². The van der Waals surface area contributed by atoms with Crippen molar-refractivity contribution in [1.82, 2.24) is 5.32 Å². The molecule has 0 unspecified atom stereocenters.